The molecule has 1 aromatic rings. The number of hydrogen-bond donors (Lipinski definition) is 1. The molecule has 0 atom stereocenters. The van der Waals surface area contributed by atoms with Crippen molar-refractivity contribution in [2.75, 3.05) is 12.4 Å². The Balaban J connectivity index is 2.75. The first-order valence-electron chi connectivity index (χ1n) is 3.98. The lowest BCUT2D eigenvalue weighted by molar-refractivity contribution is -0.112. The minimum atomic E-state index is -0.887. The van der Waals surface area contributed by atoms with Crippen LogP contribution < -0.4 is 10.1 Å². The lowest BCUT2D eigenvalue weighted by atomic mass is 10.1. The van der Waals surface area contributed by atoms with Gasteiger partial charge in [0.15, 0.2) is 11.6 Å². The normalized spacial score (nSPS) is 13.8. The zero-order valence-corrected chi connectivity index (χ0v) is 9.14. The highest BCUT2D eigenvalue weighted by Gasteiger charge is 2.34. The number of ketones is 1. The van der Waals surface area contributed by atoms with Crippen molar-refractivity contribution >= 4 is 33.3 Å². The largest absolute Gasteiger partial charge is 0.494 e. The number of ether oxygens (including phenoxy) is 1. The molecule has 1 aromatic carbocycles. The van der Waals surface area contributed by atoms with E-state index in [0.717, 1.165) is 0 Å². The maximum absolute atomic E-state index is 13.6. The van der Waals surface area contributed by atoms with Gasteiger partial charge in [0, 0.05) is 4.47 Å². The first-order chi connectivity index (χ1) is 7.06. The summed E-state index contributed by atoms with van der Waals surface area (Å²) in [4.78, 5) is 22.4. The average molecular weight is 274 g/mol. The Morgan fingerprint density at radius 3 is 2.73 bits per heavy atom. The predicted octanol–water partition coefficient (Wildman–Crippen LogP) is 1.73. The van der Waals surface area contributed by atoms with Gasteiger partial charge >= 0.3 is 0 Å². The molecule has 1 heterocycles. The van der Waals surface area contributed by atoms with E-state index in [1.54, 1.807) is 0 Å². The number of halogens is 2. The van der Waals surface area contributed by atoms with Gasteiger partial charge in [0.1, 0.15) is 0 Å². The molecule has 0 aliphatic carbocycles. The minimum Gasteiger partial charge on any atom is -0.494 e. The van der Waals surface area contributed by atoms with Crippen molar-refractivity contribution in [2.45, 2.75) is 0 Å². The van der Waals surface area contributed by atoms with E-state index in [1.165, 1.54) is 13.2 Å². The summed E-state index contributed by atoms with van der Waals surface area (Å²) < 4.78 is 18.8. The predicted molar refractivity (Wildman–Crippen MR) is 53.6 cm³/mol. The SMILES string of the molecule is COc1cc(Br)c2c(c1F)C(=O)C(=O)N2. The maximum atomic E-state index is 13.6. The van der Waals surface area contributed by atoms with Crippen molar-refractivity contribution in [3.8, 4) is 5.75 Å². The van der Waals surface area contributed by atoms with E-state index in [1.807, 2.05) is 0 Å². The van der Waals surface area contributed by atoms with E-state index in [2.05, 4.69) is 21.2 Å². The molecule has 1 aliphatic rings. The third-order valence-electron chi connectivity index (χ3n) is 2.07. The van der Waals surface area contributed by atoms with E-state index in [4.69, 9.17) is 4.74 Å². The molecule has 2 rings (SSSR count). The van der Waals surface area contributed by atoms with Gasteiger partial charge in [-0.15, -0.1) is 0 Å². The smallest absolute Gasteiger partial charge is 0.297 e. The second kappa shape index (κ2) is 3.30. The van der Waals surface area contributed by atoms with Gasteiger partial charge in [-0.05, 0) is 22.0 Å². The molecule has 15 heavy (non-hydrogen) atoms. The molecule has 0 unspecified atom stereocenters. The van der Waals surface area contributed by atoms with Gasteiger partial charge in [0.05, 0.1) is 18.4 Å². The number of anilines is 1. The van der Waals surface area contributed by atoms with Crippen LogP contribution in [-0.2, 0) is 4.79 Å². The van der Waals surface area contributed by atoms with Crippen LogP contribution in [0.4, 0.5) is 10.1 Å². The van der Waals surface area contributed by atoms with Gasteiger partial charge in [-0.2, -0.15) is 0 Å². The van der Waals surface area contributed by atoms with E-state index >= 15 is 0 Å². The highest BCUT2D eigenvalue weighted by Crippen LogP contribution is 2.38. The fraction of sp³-hybridized carbons (Fsp3) is 0.111. The summed E-state index contributed by atoms with van der Waals surface area (Å²) in [7, 11) is 1.28. The standard InChI is InChI=1S/C9H5BrFNO3/c1-15-4-2-3(10)7-5(6(4)11)8(13)9(14)12-7/h2H,1H3,(H,12,13,14). The molecule has 0 saturated carbocycles. The number of rotatable bonds is 1. The summed E-state index contributed by atoms with van der Waals surface area (Å²) in [5.74, 6) is -2.62. The van der Waals surface area contributed by atoms with Crippen molar-refractivity contribution < 1.29 is 18.7 Å². The fourth-order valence-corrected chi connectivity index (χ4v) is 1.88. The van der Waals surface area contributed by atoms with Crippen molar-refractivity contribution in [3.05, 3.63) is 21.9 Å². The number of nitrogens with one attached hydrogen (secondary N) is 1. The van der Waals surface area contributed by atoms with Crippen LogP contribution in [0.5, 0.6) is 5.75 Å². The molecular formula is C9H5BrFNO3. The van der Waals surface area contributed by atoms with Crippen molar-refractivity contribution in [3.63, 3.8) is 0 Å². The molecule has 4 nitrogen and oxygen atoms in total. The molecule has 1 amide bonds. The van der Waals surface area contributed by atoms with Crippen LogP contribution in [0.1, 0.15) is 10.4 Å². The van der Waals surface area contributed by atoms with Crippen LogP contribution in [-0.4, -0.2) is 18.8 Å². The number of Topliss-reactive ketones (excluding diaryl/α,β-unsaturated/α-hetero) is 1. The second-order valence-electron chi connectivity index (χ2n) is 2.91. The highest BCUT2D eigenvalue weighted by molar-refractivity contribution is 9.10. The minimum absolute atomic E-state index is 0.0783. The molecule has 0 fully saturated rings. The molecule has 6 heteroatoms. The van der Waals surface area contributed by atoms with E-state index in [-0.39, 0.29) is 17.0 Å². The lowest BCUT2D eigenvalue weighted by Gasteiger charge is -2.06. The number of hydrogen-bond acceptors (Lipinski definition) is 3. The van der Waals surface area contributed by atoms with Crippen LogP contribution in [0.25, 0.3) is 0 Å². The summed E-state index contributed by atoms with van der Waals surface area (Å²) in [6.45, 7) is 0. The van der Waals surface area contributed by atoms with Gasteiger partial charge in [-0.3, -0.25) is 9.59 Å². The molecule has 0 aromatic heterocycles. The zero-order chi connectivity index (χ0) is 11.2. The van der Waals surface area contributed by atoms with Crippen LogP contribution in [0.3, 0.4) is 0 Å². The summed E-state index contributed by atoms with van der Waals surface area (Å²) in [6, 6.07) is 1.35. The Hall–Kier alpha value is -1.43. The van der Waals surface area contributed by atoms with Crippen LogP contribution in [0.2, 0.25) is 0 Å². The summed E-state index contributed by atoms with van der Waals surface area (Å²) in [5.41, 5.74) is -0.116. The molecule has 1 aliphatic heterocycles. The molecule has 0 spiro atoms. The van der Waals surface area contributed by atoms with E-state index in [0.29, 0.717) is 4.47 Å². The fourth-order valence-electron chi connectivity index (χ4n) is 1.37. The Kier molecular flexibility index (Phi) is 2.22. The second-order valence-corrected chi connectivity index (χ2v) is 3.76. The third-order valence-corrected chi connectivity index (χ3v) is 2.70. The average Bonchev–Trinajstić information content (AvgIpc) is 2.50. The third kappa shape index (κ3) is 1.32. The van der Waals surface area contributed by atoms with Gasteiger partial charge in [0.2, 0.25) is 0 Å². The van der Waals surface area contributed by atoms with Crippen LogP contribution in [0.15, 0.2) is 10.5 Å². The molecule has 1 N–H and O–H groups in total. The summed E-state index contributed by atoms with van der Waals surface area (Å²) in [5, 5.41) is 2.28. The molecule has 0 bridgehead atoms. The molecule has 0 radical (unpaired) electrons. The lowest BCUT2D eigenvalue weighted by Crippen LogP contribution is -2.13. The van der Waals surface area contributed by atoms with Gasteiger partial charge in [-0.25, -0.2) is 4.39 Å². The number of carbonyl (C=O) groups is 2. The first kappa shape index (κ1) is 10.1. The topological polar surface area (TPSA) is 55.4 Å². The van der Waals surface area contributed by atoms with Gasteiger partial charge < -0.3 is 10.1 Å². The number of benzene rings is 1. The van der Waals surface area contributed by atoms with Crippen molar-refractivity contribution in [1.82, 2.24) is 0 Å². The quantitative estimate of drug-likeness (QED) is 0.793. The Bertz CT molecular complexity index is 487. The Morgan fingerprint density at radius 1 is 1.47 bits per heavy atom. The van der Waals surface area contributed by atoms with Crippen molar-refractivity contribution in [1.29, 1.82) is 0 Å². The Labute approximate surface area is 92.5 Å². The first-order valence-corrected chi connectivity index (χ1v) is 4.77. The van der Waals surface area contributed by atoms with Crippen LogP contribution in [0, 0.1) is 5.82 Å². The summed E-state index contributed by atoms with van der Waals surface area (Å²) >= 11 is 3.11. The van der Waals surface area contributed by atoms with E-state index in [9.17, 15) is 14.0 Å². The monoisotopic (exact) mass is 273 g/mol. The molecule has 78 valence electrons. The number of amides is 1. The maximum Gasteiger partial charge on any atom is 0.297 e. The number of carbonyl (C=O) groups excluding carboxylic acids is 2. The number of fused-ring (bicyclic) bond motifs is 1. The van der Waals surface area contributed by atoms with Gasteiger partial charge in [-0.1, -0.05) is 0 Å². The number of methoxy groups -OCH3 is 1. The molecular weight excluding hydrogens is 269 g/mol. The van der Waals surface area contributed by atoms with Crippen molar-refractivity contribution in [2.24, 2.45) is 0 Å². The van der Waals surface area contributed by atoms with E-state index < -0.39 is 17.5 Å². The summed E-state index contributed by atoms with van der Waals surface area (Å²) in [6.07, 6.45) is 0. The zero-order valence-electron chi connectivity index (χ0n) is 7.56. The Morgan fingerprint density at radius 2 is 2.13 bits per heavy atom. The molecule has 0 saturated heterocycles. The highest BCUT2D eigenvalue weighted by atomic mass is 79.9. The van der Waals surface area contributed by atoms with Gasteiger partial charge in [0.25, 0.3) is 11.7 Å². The van der Waals surface area contributed by atoms with Crippen LogP contribution >= 0.6 is 15.9 Å².